The van der Waals surface area contributed by atoms with Crippen LogP contribution >= 0.6 is 0 Å². The smallest absolute Gasteiger partial charge is 0.232 e. The highest BCUT2D eigenvalue weighted by Gasteiger charge is 2.34. The van der Waals surface area contributed by atoms with Crippen molar-refractivity contribution in [1.29, 1.82) is 0 Å². The lowest BCUT2D eigenvalue weighted by Crippen LogP contribution is -2.31. The number of carbonyl (C=O) groups excluding carboxylic acids is 2. The Kier molecular flexibility index (Phi) is 4.07. The molecule has 1 N–H and O–H groups in total. The first-order valence-electron chi connectivity index (χ1n) is 5.12. The van der Waals surface area contributed by atoms with Crippen LogP contribution in [-0.4, -0.2) is 35.0 Å². The number of rotatable bonds is 5. The molecule has 0 aliphatic carbocycles. The second-order valence-corrected chi connectivity index (χ2v) is 3.77. The summed E-state index contributed by atoms with van der Waals surface area (Å²) in [5, 5.41) is 8.56. The van der Waals surface area contributed by atoms with Gasteiger partial charge in [0.15, 0.2) is 0 Å². The topological polar surface area (TPSA) is 57.6 Å². The maximum absolute atomic E-state index is 11.4. The number of unbranched alkanes of at least 4 members (excludes halogenated alkanes) is 2. The maximum atomic E-state index is 11.4. The number of likely N-dealkylation sites (tertiary alicyclic amines) is 1. The Bertz CT molecular complexity index is 227. The Balaban J connectivity index is 2.30. The SMILES string of the molecule is CC1CC(=O)N(CCCCCO)C1=O. The average Bonchev–Trinajstić information content (AvgIpc) is 2.38. The predicted molar refractivity (Wildman–Crippen MR) is 51.4 cm³/mol. The van der Waals surface area contributed by atoms with Crippen molar-refractivity contribution in [2.24, 2.45) is 5.92 Å². The summed E-state index contributed by atoms with van der Waals surface area (Å²) in [4.78, 5) is 24.1. The predicted octanol–water partition coefficient (Wildman–Crippen LogP) is 0.544. The van der Waals surface area contributed by atoms with Crippen LogP contribution in [0.2, 0.25) is 0 Å². The van der Waals surface area contributed by atoms with Crippen LogP contribution in [0.5, 0.6) is 0 Å². The average molecular weight is 199 g/mol. The van der Waals surface area contributed by atoms with Crippen LogP contribution in [0.4, 0.5) is 0 Å². The van der Waals surface area contributed by atoms with Gasteiger partial charge in [0.1, 0.15) is 0 Å². The van der Waals surface area contributed by atoms with E-state index in [0.29, 0.717) is 13.0 Å². The molecule has 0 aromatic heterocycles. The highest BCUT2D eigenvalue weighted by Crippen LogP contribution is 2.19. The van der Waals surface area contributed by atoms with Gasteiger partial charge in [-0.2, -0.15) is 0 Å². The molecule has 0 aromatic rings. The zero-order chi connectivity index (χ0) is 10.6. The van der Waals surface area contributed by atoms with Crippen molar-refractivity contribution in [3.8, 4) is 0 Å². The third-order valence-electron chi connectivity index (χ3n) is 2.51. The first-order valence-corrected chi connectivity index (χ1v) is 5.12. The molecule has 1 rings (SSSR count). The molecule has 1 unspecified atom stereocenters. The van der Waals surface area contributed by atoms with E-state index in [4.69, 9.17) is 5.11 Å². The Labute approximate surface area is 83.9 Å². The minimum atomic E-state index is -0.139. The number of nitrogens with zero attached hydrogens (tertiary/aromatic N) is 1. The zero-order valence-electron chi connectivity index (χ0n) is 8.53. The standard InChI is InChI=1S/C10H17NO3/c1-8-7-9(13)11(10(8)14)5-3-2-4-6-12/h8,12H,2-7H2,1H3. The largest absolute Gasteiger partial charge is 0.396 e. The number of hydrogen-bond acceptors (Lipinski definition) is 3. The van der Waals surface area contributed by atoms with E-state index in [1.807, 2.05) is 0 Å². The highest BCUT2D eigenvalue weighted by atomic mass is 16.3. The molecule has 14 heavy (non-hydrogen) atoms. The molecule has 1 atom stereocenters. The van der Waals surface area contributed by atoms with Gasteiger partial charge in [-0.25, -0.2) is 0 Å². The quantitative estimate of drug-likeness (QED) is 0.519. The minimum Gasteiger partial charge on any atom is -0.396 e. The Morgan fingerprint density at radius 2 is 2.07 bits per heavy atom. The summed E-state index contributed by atoms with van der Waals surface area (Å²) in [5.41, 5.74) is 0. The molecule has 1 aliphatic rings. The minimum absolute atomic E-state index is 0.0426. The van der Waals surface area contributed by atoms with Crippen molar-refractivity contribution < 1.29 is 14.7 Å². The Morgan fingerprint density at radius 3 is 2.57 bits per heavy atom. The monoisotopic (exact) mass is 199 g/mol. The van der Waals surface area contributed by atoms with Gasteiger partial charge in [-0.1, -0.05) is 6.92 Å². The van der Waals surface area contributed by atoms with Crippen LogP contribution in [0.15, 0.2) is 0 Å². The molecule has 0 spiro atoms. The van der Waals surface area contributed by atoms with Crippen LogP contribution in [0.1, 0.15) is 32.6 Å². The van der Waals surface area contributed by atoms with Gasteiger partial charge in [0.25, 0.3) is 0 Å². The van der Waals surface area contributed by atoms with Crippen LogP contribution < -0.4 is 0 Å². The molecule has 1 heterocycles. The number of amides is 2. The van der Waals surface area contributed by atoms with E-state index < -0.39 is 0 Å². The molecule has 80 valence electrons. The fourth-order valence-corrected chi connectivity index (χ4v) is 1.64. The molecule has 4 nitrogen and oxygen atoms in total. The van der Waals surface area contributed by atoms with Gasteiger partial charge >= 0.3 is 0 Å². The third-order valence-corrected chi connectivity index (χ3v) is 2.51. The lowest BCUT2D eigenvalue weighted by Gasteiger charge is -2.13. The molecule has 0 aromatic carbocycles. The highest BCUT2D eigenvalue weighted by molar-refractivity contribution is 6.03. The second-order valence-electron chi connectivity index (χ2n) is 3.77. The van der Waals surface area contributed by atoms with Crippen molar-refractivity contribution in [2.75, 3.05) is 13.2 Å². The number of aliphatic hydroxyl groups excluding tert-OH is 1. The van der Waals surface area contributed by atoms with Crippen molar-refractivity contribution in [3.05, 3.63) is 0 Å². The molecule has 0 bridgehead atoms. The first-order chi connectivity index (χ1) is 6.66. The van der Waals surface area contributed by atoms with Gasteiger partial charge in [0.05, 0.1) is 0 Å². The van der Waals surface area contributed by atoms with E-state index in [1.165, 1.54) is 4.90 Å². The Morgan fingerprint density at radius 1 is 1.36 bits per heavy atom. The Hall–Kier alpha value is -0.900. The summed E-state index contributed by atoms with van der Waals surface area (Å²) in [6, 6.07) is 0. The molecule has 1 aliphatic heterocycles. The van der Waals surface area contributed by atoms with E-state index in [9.17, 15) is 9.59 Å². The molecule has 0 saturated carbocycles. The zero-order valence-corrected chi connectivity index (χ0v) is 8.53. The molecule has 2 amide bonds. The van der Waals surface area contributed by atoms with Crippen LogP contribution in [0.25, 0.3) is 0 Å². The summed E-state index contributed by atoms with van der Waals surface area (Å²) < 4.78 is 0. The fourth-order valence-electron chi connectivity index (χ4n) is 1.64. The molecule has 0 radical (unpaired) electrons. The third kappa shape index (κ3) is 2.54. The van der Waals surface area contributed by atoms with Crippen LogP contribution in [0, 0.1) is 5.92 Å². The van der Waals surface area contributed by atoms with Gasteiger partial charge in [0.2, 0.25) is 11.8 Å². The van der Waals surface area contributed by atoms with Crippen molar-refractivity contribution in [2.45, 2.75) is 32.6 Å². The van der Waals surface area contributed by atoms with Crippen LogP contribution in [0.3, 0.4) is 0 Å². The number of carbonyl (C=O) groups is 2. The molecular formula is C10H17NO3. The number of aliphatic hydroxyl groups is 1. The summed E-state index contributed by atoms with van der Waals surface area (Å²) in [6.45, 7) is 2.48. The second kappa shape index (κ2) is 5.10. The van der Waals surface area contributed by atoms with E-state index in [0.717, 1.165) is 19.3 Å². The van der Waals surface area contributed by atoms with Crippen molar-refractivity contribution in [3.63, 3.8) is 0 Å². The van der Waals surface area contributed by atoms with Gasteiger partial charge in [-0.15, -0.1) is 0 Å². The van der Waals surface area contributed by atoms with E-state index >= 15 is 0 Å². The lowest BCUT2D eigenvalue weighted by atomic mass is 10.1. The molecule has 1 saturated heterocycles. The summed E-state index contributed by atoms with van der Waals surface area (Å²) in [5.74, 6) is -0.231. The number of imide groups is 1. The maximum Gasteiger partial charge on any atom is 0.232 e. The van der Waals surface area contributed by atoms with Crippen LogP contribution in [-0.2, 0) is 9.59 Å². The van der Waals surface area contributed by atoms with E-state index in [1.54, 1.807) is 6.92 Å². The molecular weight excluding hydrogens is 182 g/mol. The summed E-state index contributed by atoms with van der Waals surface area (Å²) in [6.07, 6.45) is 2.76. The normalized spacial score (nSPS) is 22.1. The first kappa shape index (κ1) is 11.2. The fraction of sp³-hybridized carbons (Fsp3) is 0.800. The van der Waals surface area contributed by atoms with Crippen molar-refractivity contribution >= 4 is 11.8 Å². The number of hydrogen-bond donors (Lipinski definition) is 1. The van der Waals surface area contributed by atoms with E-state index in [-0.39, 0.29) is 24.3 Å². The lowest BCUT2D eigenvalue weighted by molar-refractivity contribution is -0.139. The van der Waals surface area contributed by atoms with Crippen molar-refractivity contribution in [1.82, 2.24) is 4.90 Å². The summed E-state index contributed by atoms with van der Waals surface area (Å²) >= 11 is 0. The molecule has 1 fully saturated rings. The van der Waals surface area contributed by atoms with Gasteiger partial charge in [-0.05, 0) is 19.3 Å². The molecule has 4 heteroatoms. The summed E-state index contributed by atoms with van der Waals surface area (Å²) in [7, 11) is 0. The van der Waals surface area contributed by atoms with Gasteiger partial charge in [0, 0.05) is 25.5 Å². The van der Waals surface area contributed by atoms with Gasteiger partial charge in [-0.3, -0.25) is 14.5 Å². The van der Waals surface area contributed by atoms with Gasteiger partial charge < -0.3 is 5.11 Å². The van der Waals surface area contributed by atoms with E-state index in [2.05, 4.69) is 0 Å².